The number of aliphatic hydroxyl groups is 1. The maximum Gasteiger partial charge on any atom is 0.273 e. The first-order valence-corrected chi connectivity index (χ1v) is 15.0. The number of likely N-dealkylation sites (tertiary alicyclic amines) is 1. The van der Waals surface area contributed by atoms with E-state index in [4.69, 9.17) is 38.8 Å². The Morgan fingerprint density at radius 2 is 1.90 bits per heavy atom. The zero-order valence-electron chi connectivity index (χ0n) is 23.6. The number of rotatable bonds is 10. The number of amides is 2. The summed E-state index contributed by atoms with van der Waals surface area (Å²) in [5.41, 5.74) is 6.56. The fourth-order valence-electron chi connectivity index (χ4n) is 5.52. The maximum atomic E-state index is 13.4. The summed E-state index contributed by atoms with van der Waals surface area (Å²) in [6.45, 7) is 8.13. The molecule has 224 valence electrons. The molecule has 1 aromatic heterocycles. The van der Waals surface area contributed by atoms with Crippen molar-refractivity contribution >= 4 is 46.7 Å². The van der Waals surface area contributed by atoms with Crippen molar-refractivity contribution in [3.63, 3.8) is 0 Å². The monoisotopic (exact) mass is 607 g/mol. The average molecular weight is 609 g/mol. The number of aromatic nitrogens is 2. The number of nitrogen functional groups attached to an aromatic ring is 1. The number of nitrogens with zero attached hydrogens (tertiary/aromatic N) is 5. The van der Waals surface area contributed by atoms with E-state index in [1.54, 1.807) is 18.2 Å². The third kappa shape index (κ3) is 7.32. The summed E-state index contributed by atoms with van der Waals surface area (Å²) in [6, 6.07) is 5.81. The molecule has 4 rings (SSSR count). The Balaban J connectivity index is 1.38. The molecule has 2 aliphatic rings. The number of piperazine rings is 1. The summed E-state index contributed by atoms with van der Waals surface area (Å²) in [4.78, 5) is 40.8. The van der Waals surface area contributed by atoms with Gasteiger partial charge in [0.1, 0.15) is 5.75 Å². The van der Waals surface area contributed by atoms with Crippen molar-refractivity contribution in [2.75, 3.05) is 63.1 Å². The first kappa shape index (κ1) is 31.1. The van der Waals surface area contributed by atoms with E-state index in [0.717, 1.165) is 32.2 Å². The molecular weight excluding hydrogens is 569 g/mol. The molecule has 2 aromatic rings. The Kier molecular flexibility index (Phi) is 10.9. The van der Waals surface area contributed by atoms with E-state index in [1.165, 1.54) is 0 Å². The van der Waals surface area contributed by atoms with Crippen molar-refractivity contribution < 1.29 is 19.4 Å². The van der Waals surface area contributed by atoms with Crippen LogP contribution in [0.4, 0.5) is 11.6 Å². The number of nitrogens with one attached hydrogen (secondary N) is 1. The van der Waals surface area contributed by atoms with Crippen LogP contribution in [0.2, 0.25) is 10.2 Å². The van der Waals surface area contributed by atoms with Gasteiger partial charge in [-0.15, -0.1) is 0 Å². The van der Waals surface area contributed by atoms with Crippen molar-refractivity contribution in [1.29, 1.82) is 0 Å². The van der Waals surface area contributed by atoms with Crippen LogP contribution in [-0.2, 0) is 0 Å². The molecular formula is C28H39Cl2N7O4. The van der Waals surface area contributed by atoms with Gasteiger partial charge < -0.3 is 30.7 Å². The van der Waals surface area contributed by atoms with Gasteiger partial charge in [0.15, 0.2) is 22.5 Å². The summed E-state index contributed by atoms with van der Waals surface area (Å²) < 4.78 is 5.82. The molecule has 4 N–H and O–H groups in total. The van der Waals surface area contributed by atoms with Gasteiger partial charge in [-0.3, -0.25) is 14.5 Å². The molecule has 0 aliphatic carbocycles. The first-order valence-electron chi connectivity index (χ1n) is 14.2. The van der Waals surface area contributed by atoms with Crippen molar-refractivity contribution in [1.82, 2.24) is 25.1 Å². The second-order valence-corrected chi connectivity index (χ2v) is 11.1. The van der Waals surface area contributed by atoms with Crippen LogP contribution in [0.5, 0.6) is 5.75 Å². The number of anilines is 2. The average Bonchev–Trinajstić information content (AvgIpc) is 2.99. The van der Waals surface area contributed by atoms with Crippen molar-refractivity contribution in [2.45, 2.75) is 51.6 Å². The van der Waals surface area contributed by atoms with E-state index in [0.29, 0.717) is 61.0 Å². The Labute approximate surface area is 250 Å². The minimum atomic E-state index is -0.528. The SMILES string of the molecule is CCCOc1cc(Cl)ccc1C(=O)N1CCC(N2CCN(c3nc(N)c(C(=O)NCCO)nc3Cl)C[C@@H]2CC)CC1. The third-order valence-electron chi connectivity index (χ3n) is 7.63. The van der Waals surface area contributed by atoms with Crippen molar-refractivity contribution in [3.8, 4) is 5.75 Å². The van der Waals surface area contributed by atoms with Crippen LogP contribution < -0.4 is 20.7 Å². The van der Waals surface area contributed by atoms with Crippen LogP contribution >= 0.6 is 23.2 Å². The lowest BCUT2D eigenvalue weighted by atomic mass is 9.97. The van der Waals surface area contributed by atoms with Crippen LogP contribution in [-0.4, -0.2) is 101 Å². The Hall–Kier alpha value is -2.86. The van der Waals surface area contributed by atoms with Crippen LogP contribution in [0.1, 0.15) is 60.4 Å². The van der Waals surface area contributed by atoms with Gasteiger partial charge in [-0.2, -0.15) is 0 Å². The van der Waals surface area contributed by atoms with Gasteiger partial charge in [0, 0.05) is 56.4 Å². The highest BCUT2D eigenvalue weighted by atomic mass is 35.5. The zero-order chi connectivity index (χ0) is 29.5. The van der Waals surface area contributed by atoms with Gasteiger partial charge in [-0.1, -0.05) is 37.0 Å². The number of halogens is 2. The summed E-state index contributed by atoms with van der Waals surface area (Å²) >= 11 is 12.6. The van der Waals surface area contributed by atoms with Crippen molar-refractivity contribution in [3.05, 3.63) is 39.6 Å². The third-order valence-corrected chi connectivity index (χ3v) is 8.12. The van der Waals surface area contributed by atoms with Crippen LogP contribution in [0.15, 0.2) is 18.2 Å². The second kappa shape index (κ2) is 14.4. The molecule has 0 saturated carbocycles. The minimum absolute atomic E-state index is 0.00343. The van der Waals surface area contributed by atoms with Crippen LogP contribution in [0.25, 0.3) is 0 Å². The topological polar surface area (TPSA) is 137 Å². The van der Waals surface area contributed by atoms with Gasteiger partial charge in [0.2, 0.25) is 0 Å². The predicted molar refractivity (Wildman–Crippen MR) is 160 cm³/mol. The number of ether oxygens (including phenoxy) is 1. The quantitative estimate of drug-likeness (QED) is 0.372. The maximum absolute atomic E-state index is 13.4. The van der Waals surface area contributed by atoms with Crippen molar-refractivity contribution in [2.24, 2.45) is 0 Å². The molecule has 2 amide bonds. The van der Waals surface area contributed by atoms with Crippen LogP contribution in [0, 0.1) is 0 Å². The Morgan fingerprint density at radius 3 is 2.59 bits per heavy atom. The molecule has 2 fully saturated rings. The molecule has 2 aliphatic heterocycles. The molecule has 0 radical (unpaired) electrons. The molecule has 0 spiro atoms. The molecule has 41 heavy (non-hydrogen) atoms. The molecule has 11 nitrogen and oxygen atoms in total. The predicted octanol–water partition coefficient (Wildman–Crippen LogP) is 3.08. The number of carbonyl (C=O) groups excluding carboxylic acids is 2. The highest BCUT2D eigenvalue weighted by Crippen LogP contribution is 2.31. The molecule has 0 bridgehead atoms. The lowest BCUT2D eigenvalue weighted by molar-refractivity contribution is 0.0488. The standard InChI is InChI=1S/C28H39Cl2N7O4/c1-3-15-41-22-16-18(29)5-6-21(22)28(40)35-10-7-20(8-11-35)37-13-12-36(17-19(37)4-2)26-24(30)33-23(25(31)34-26)27(39)32-9-14-38/h5-6,16,19-20,38H,3-4,7-15,17H2,1-2H3,(H2,31,34)(H,32,39)/t19-/m0/s1. The summed E-state index contributed by atoms with van der Waals surface area (Å²) in [6.07, 6.45) is 3.54. The zero-order valence-corrected chi connectivity index (χ0v) is 25.1. The van der Waals surface area contributed by atoms with Gasteiger partial charge in [-0.25, -0.2) is 9.97 Å². The van der Waals surface area contributed by atoms with Gasteiger partial charge in [0.25, 0.3) is 11.8 Å². The second-order valence-electron chi connectivity index (χ2n) is 10.3. The van der Waals surface area contributed by atoms with E-state index in [1.807, 2.05) is 11.8 Å². The highest BCUT2D eigenvalue weighted by molar-refractivity contribution is 6.32. The van der Waals surface area contributed by atoms with E-state index in [2.05, 4.69) is 32.0 Å². The Morgan fingerprint density at radius 1 is 1.15 bits per heavy atom. The lowest BCUT2D eigenvalue weighted by Gasteiger charge is -2.47. The normalized spacial score (nSPS) is 18.4. The van der Waals surface area contributed by atoms with Crippen LogP contribution in [0.3, 0.4) is 0 Å². The van der Waals surface area contributed by atoms with E-state index < -0.39 is 5.91 Å². The summed E-state index contributed by atoms with van der Waals surface area (Å²) in [5, 5.41) is 12.1. The summed E-state index contributed by atoms with van der Waals surface area (Å²) in [7, 11) is 0. The van der Waals surface area contributed by atoms with Gasteiger partial charge >= 0.3 is 0 Å². The van der Waals surface area contributed by atoms with E-state index in [-0.39, 0.29) is 41.8 Å². The summed E-state index contributed by atoms with van der Waals surface area (Å²) in [5.74, 6) is 0.443. The molecule has 0 unspecified atom stereocenters. The molecule has 2 saturated heterocycles. The number of nitrogens with two attached hydrogens (primary N) is 1. The number of piperidine rings is 1. The molecule has 13 heteroatoms. The van der Waals surface area contributed by atoms with E-state index >= 15 is 0 Å². The number of benzene rings is 1. The molecule has 1 atom stereocenters. The molecule has 1 aromatic carbocycles. The number of hydrogen-bond acceptors (Lipinski definition) is 9. The fourth-order valence-corrected chi connectivity index (χ4v) is 5.93. The highest BCUT2D eigenvalue weighted by Gasteiger charge is 2.35. The number of carbonyl (C=O) groups is 2. The lowest BCUT2D eigenvalue weighted by Crippen LogP contribution is -2.58. The number of hydrogen-bond donors (Lipinski definition) is 3. The first-order chi connectivity index (χ1) is 19.8. The van der Waals surface area contributed by atoms with Gasteiger partial charge in [-0.05, 0) is 43.9 Å². The smallest absolute Gasteiger partial charge is 0.273 e. The Bertz CT molecular complexity index is 1230. The molecule has 3 heterocycles. The van der Waals surface area contributed by atoms with Gasteiger partial charge in [0.05, 0.1) is 18.8 Å². The number of aliphatic hydroxyl groups excluding tert-OH is 1. The minimum Gasteiger partial charge on any atom is -0.493 e. The fraction of sp³-hybridized carbons (Fsp3) is 0.571. The van der Waals surface area contributed by atoms with E-state index in [9.17, 15) is 9.59 Å². The largest absolute Gasteiger partial charge is 0.493 e.